The zero-order valence-corrected chi connectivity index (χ0v) is 16.3. The van der Waals surface area contributed by atoms with Gasteiger partial charge in [0, 0.05) is 6.54 Å². The molecule has 1 aliphatic carbocycles. The largest absolute Gasteiger partial charge is 0.497 e. The van der Waals surface area contributed by atoms with Crippen LogP contribution in [0.25, 0.3) is 0 Å². The van der Waals surface area contributed by atoms with Crippen molar-refractivity contribution in [2.24, 2.45) is 0 Å². The molecule has 3 rings (SSSR count). The molecule has 27 heavy (non-hydrogen) atoms. The second-order valence-corrected chi connectivity index (χ2v) is 8.41. The zero-order chi connectivity index (χ0) is 19.4. The fraction of sp³-hybridized carbons (Fsp3) is 0.350. The second-order valence-electron chi connectivity index (χ2n) is 6.69. The van der Waals surface area contributed by atoms with E-state index in [4.69, 9.17) is 4.74 Å². The van der Waals surface area contributed by atoms with Crippen molar-refractivity contribution in [1.29, 1.82) is 0 Å². The molecule has 1 atom stereocenters. The molecule has 144 valence electrons. The molecule has 0 saturated carbocycles. The van der Waals surface area contributed by atoms with Crippen molar-refractivity contribution in [3.05, 3.63) is 59.2 Å². The first kappa shape index (κ1) is 19.4. The monoisotopic (exact) mass is 388 g/mol. The Labute approximate surface area is 160 Å². The summed E-state index contributed by atoms with van der Waals surface area (Å²) in [6, 6.07) is 11.4. The van der Waals surface area contributed by atoms with Gasteiger partial charge in [-0.25, -0.2) is 8.42 Å². The number of sulfonamides is 1. The average Bonchev–Trinajstić information content (AvgIpc) is 3.13. The van der Waals surface area contributed by atoms with Crippen molar-refractivity contribution < 1.29 is 17.9 Å². The van der Waals surface area contributed by atoms with E-state index in [-0.39, 0.29) is 10.8 Å². The Morgan fingerprint density at radius 2 is 1.81 bits per heavy atom. The normalized spacial score (nSPS) is 14.4. The third-order valence-electron chi connectivity index (χ3n) is 4.72. The van der Waals surface area contributed by atoms with Crippen LogP contribution in [0.4, 0.5) is 0 Å². The molecule has 0 spiro atoms. The predicted molar refractivity (Wildman–Crippen MR) is 103 cm³/mol. The summed E-state index contributed by atoms with van der Waals surface area (Å²) in [6.07, 6.45) is 3.37. The van der Waals surface area contributed by atoms with Crippen LogP contribution in [0.1, 0.15) is 30.0 Å². The summed E-state index contributed by atoms with van der Waals surface area (Å²) in [7, 11) is -2.28. The summed E-state index contributed by atoms with van der Waals surface area (Å²) in [5.41, 5.74) is 3.75. The summed E-state index contributed by atoms with van der Waals surface area (Å²) in [5, 5.41) is 2.80. The van der Waals surface area contributed by atoms with Crippen LogP contribution in [0.15, 0.2) is 47.4 Å². The van der Waals surface area contributed by atoms with Crippen molar-refractivity contribution in [2.75, 3.05) is 7.11 Å². The number of aryl methyl sites for hydroxylation is 2. The number of hydrogen-bond acceptors (Lipinski definition) is 4. The van der Waals surface area contributed by atoms with E-state index >= 15 is 0 Å². The lowest BCUT2D eigenvalue weighted by Gasteiger charge is -2.15. The van der Waals surface area contributed by atoms with Crippen LogP contribution in [-0.4, -0.2) is 27.5 Å². The molecule has 0 unspecified atom stereocenters. The number of carbonyl (C=O) groups excluding carboxylic acids is 1. The highest BCUT2D eigenvalue weighted by atomic mass is 32.2. The SMILES string of the molecule is COc1ccc(S(=O)(=O)N[C@@H](C)C(=O)NCc2ccc3c(c2)CCC3)cc1. The highest BCUT2D eigenvalue weighted by Crippen LogP contribution is 2.22. The van der Waals surface area contributed by atoms with Gasteiger partial charge >= 0.3 is 0 Å². The van der Waals surface area contributed by atoms with E-state index in [1.54, 1.807) is 12.1 Å². The van der Waals surface area contributed by atoms with Crippen LogP contribution >= 0.6 is 0 Å². The highest BCUT2D eigenvalue weighted by Gasteiger charge is 2.22. The van der Waals surface area contributed by atoms with E-state index in [2.05, 4.69) is 22.2 Å². The standard InChI is InChI=1S/C20H24N2O4S/c1-14(22-27(24,25)19-10-8-18(26-2)9-11-19)20(23)21-13-15-6-7-16-4-3-5-17(16)12-15/h6-12,14,22H,3-5,13H2,1-2H3,(H,21,23)/t14-/m0/s1. The first-order valence-electron chi connectivity index (χ1n) is 8.94. The highest BCUT2D eigenvalue weighted by molar-refractivity contribution is 7.89. The van der Waals surface area contributed by atoms with E-state index in [0.717, 1.165) is 18.4 Å². The summed E-state index contributed by atoms with van der Waals surface area (Å²) >= 11 is 0. The molecule has 1 amide bonds. The quantitative estimate of drug-likeness (QED) is 0.761. The molecule has 7 heteroatoms. The number of ether oxygens (including phenoxy) is 1. The van der Waals surface area contributed by atoms with Crippen LogP contribution in [0, 0.1) is 0 Å². The number of methoxy groups -OCH3 is 1. The minimum Gasteiger partial charge on any atom is -0.497 e. The van der Waals surface area contributed by atoms with E-state index in [1.165, 1.54) is 43.7 Å². The maximum atomic E-state index is 12.4. The number of carbonyl (C=O) groups is 1. The first-order valence-corrected chi connectivity index (χ1v) is 10.4. The summed E-state index contributed by atoms with van der Waals surface area (Å²) in [5.74, 6) is 0.196. The van der Waals surface area contributed by atoms with Crippen LogP contribution in [-0.2, 0) is 34.2 Å². The number of amides is 1. The summed E-state index contributed by atoms with van der Waals surface area (Å²) < 4.78 is 32.3. The molecule has 0 aromatic heterocycles. The van der Waals surface area contributed by atoms with Crippen LogP contribution in [0.5, 0.6) is 5.75 Å². The van der Waals surface area contributed by atoms with Gasteiger partial charge in [-0.1, -0.05) is 18.2 Å². The Balaban J connectivity index is 1.58. The topological polar surface area (TPSA) is 84.5 Å². The van der Waals surface area contributed by atoms with E-state index < -0.39 is 16.1 Å². The lowest BCUT2D eigenvalue weighted by atomic mass is 10.1. The minimum atomic E-state index is -3.79. The summed E-state index contributed by atoms with van der Waals surface area (Å²) in [4.78, 5) is 12.4. The van der Waals surface area contributed by atoms with Gasteiger partial charge < -0.3 is 10.1 Å². The van der Waals surface area contributed by atoms with Crippen molar-refractivity contribution in [1.82, 2.24) is 10.0 Å². The van der Waals surface area contributed by atoms with E-state index in [0.29, 0.717) is 12.3 Å². The molecule has 0 saturated heterocycles. The van der Waals surface area contributed by atoms with E-state index in [1.807, 2.05) is 6.07 Å². The van der Waals surface area contributed by atoms with Gasteiger partial charge in [-0.05, 0) is 67.1 Å². The van der Waals surface area contributed by atoms with Gasteiger partial charge in [0.25, 0.3) is 0 Å². The van der Waals surface area contributed by atoms with Crippen LogP contribution in [0.2, 0.25) is 0 Å². The molecule has 2 aromatic rings. The lowest BCUT2D eigenvalue weighted by molar-refractivity contribution is -0.122. The van der Waals surface area contributed by atoms with Crippen molar-refractivity contribution in [2.45, 2.75) is 43.7 Å². The predicted octanol–water partition coefficient (Wildman–Crippen LogP) is 2.17. The van der Waals surface area contributed by atoms with Crippen molar-refractivity contribution in [3.63, 3.8) is 0 Å². The Hall–Kier alpha value is -2.38. The van der Waals surface area contributed by atoms with Gasteiger partial charge in [-0.15, -0.1) is 0 Å². The average molecular weight is 388 g/mol. The Morgan fingerprint density at radius 1 is 1.11 bits per heavy atom. The van der Waals surface area contributed by atoms with Crippen LogP contribution < -0.4 is 14.8 Å². The molecule has 0 bridgehead atoms. The molecule has 2 N–H and O–H groups in total. The fourth-order valence-corrected chi connectivity index (χ4v) is 4.39. The number of benzene rings is 2. The molecule has 6 nitrogen and oxygen atoms in total. The van der Waals surface area contributed by atoms with Crippen LogP contribution in [0.3, 0.4) is 0 Å². The van der Waals surface area contributed by atoms with Crippen molar-refractivity contribution in [3.8, 4) is 5.75 Å². The molecule has 0 radical (unpaired) electrons. The zero-order valence-electron chi connectivity index (χ0n) is 15.5. The molecule has 1 aliphatic rings. The first-order chi connectivity index (χ1) is 12.9. The molecular weight excluding hydrogens is 364 g/mol. The maximum Gasteiger partial charge on any atom is 0.241 e. The Kier molecular flexibility index (Phi) is 5.82. The molecule has 2 aromatic carbocycles. The maximum absolute atomic E-state index is 12.4. The summed E-state index contributed by atoms with van der Waals surface area (Å²) in [6.45, 7) is 1.90. The molecule has 0 fully saturated rings. The number of rotatable bonds is 7. The Morgan fingerprint density at radius 3 is 2.52 bits per heavy atom. The van der Waals surface area contributed by atoms with Gasteiger partial charge in [-0.2, -0.15) is 4.72 Å². The van der Waals surface area contributed by atoms with Gasteiger partial charge in [0.05, 0.1) is 18.0 Å². The minimum absolute atomic E-state index is 0.0848. The molecular formula is C20H24N2O4S. The van der Waals surface area contributed by atoms with Gasteiger partial charge in [-0.3, -0.25) is 4.79 Å². The second kappa shape index (κ2) is 8.10. The van der Waals surface area contributed by atoms with Gasteiger partial charge in [0.1, 0.15) is 5.75 Å². The Bertz CT molecular complexity index is 923. The lowest BCUT2D eigenvalue weighted by Crippen LogP contribution is -2.44. The third kappa shape index (κ3) is 4.67. The number of nitrogens with one attached hydrogen (secondary N) is 2. The smallest absolute Gasteiger partial charge is 0.241 e. The number of fused-ring (bicyclic) bond motifs is 1. The molecule has 0 aliphatic heterocycles. The molecule has 0 heterocycles. The number of hydrogen-bond donors (Lipinski definition) is 2. The third-order valence-corrected chi connectivity index (χ3v) is 6.28. The fourth-order valence-electron chi connectivity index (χ4n) is 3.19. The van der Waals surface area contributed by atoms with Gasteiger partial charge in [0.15, 0.2) is 0 Å². The van der Waals surface area contributed by atoms with Crippen molar-refractivity contribution >= 4 is 15.9 Å². The van der Waals surface area contributed by atoms with E-state index in [9.17, 15) is 13.2 Å². The van der Waals surface area contributed by atoms with Gasteiger partial charge in [0.2, 0.25) is 15.9 Å².